The zero-order valence-corrected chi connectivity index (χ0v) is 19.0. The first-order valence-electron chi connectivity index (χ1n) is 11.4. The van der Waals surface area contributed by atoms with E-state index in [-0.39, 0.29) is 23.7 Å². The van der Waals surface area contributed by atoms with Gasteiger partial charge in [-0.2, -0.15) is 0 Å². The Morgan fingerprint density at radius 2 is 1.84 bits per heavy atom. The van der Waals surface area contributed by atoms with Crippen molar-refractivity contribution in [1.29, 1.82) is 0 Å². The van der Waals surface area contributed by atoms with Gasteiger partial charge in [-0.1, -0.05) is 55.0 Å². The second-order valence-electron chi connectivity index (χ2n) is 8.69. The molecule has 2 aromatic rings. The Morgan fingerprint density at radius 3 is 2.68 bits per heavy atom. The second kappa shape index (κ2) is 9.53. The minimum Gasteiger partial charge on any atom is -0.338 e. The fourth-order valence-electron chi connectivity index (χ4n) is 4.91. The summed E-state index contributed by atoms with van der Waals surface area (Å²) in [6.45, 7) is 2.26. The van der Waals surface area contributed by atoms with Crippen LogP contribution in [-0.2, 0) is 27.7 Å². The molecule has 2 atom stereocenters. The van der Waals surface area contributed by atoms with E-state index < -0.39 is 10.0 Å². The van der Waals surface area contributed by atoms with Gasteiger partial charge in [-0.25, -0.2) is 13.1 Å². The quantitative estimate of drug-likeness (QED) is 0.787. The summed E-state index contributed by atoms with van der Waals surface area (Å²) >= 11 is 0. The lowest BCUT2D eigenvalue weighted by molar-refractivity contribution is -0.132. The Morgan fingerprint density at radius 1 is 1.03 bits per heavy atom. The third-order valence-electron chi connectivity index (χ3n) is 6.61. The number of rotatable bonds is 3. The molecule has 1 N–H and O–H groups in total. The topological polar surface area (TPSA) is 66.5 Å². The van der Waals surface area contributed by atoms with Crippen molar-refractivity contribution in [3.8, 4) is 11.1 Å². The smallest absolute Gasteiger partial charge is 0.222 e. The molecule has 0 radical (unpaired) electrons. The minimum absolute atomic E-state index is 0.0520. The molecule has 31 heavy (non-hydrogen) atoms. The van der Waals surface area contributed by atoms with Crippen molar-refractivity contribution in [1.82, 2.24) is 9.62 Å². The lowest BCUT2D eigenvalue weighted by Crippen LogP contribution is -2.48. The summed E-state index contributed by atoms with van der Waals surface area (Å²) in [5.74, 6) is 0.202. The first kappa shape index (κ1) is 22.0. The van der Waals surface area contributed by atoms with E-state index in [1.54, 1.807) is 6.92 Å². The van der Waals surface area contributed by atoms with E-state index in [9.17, 15) is 13.2 Å². The van der Waals surface area contributed by atoms with Crippen molar-refractivity contribution in [3.63, 3.8) is 0 Å². The molecule has 5 nitrogen and oxygen atoms in total. The summed E-state index contributed by atoms with van der Waals surface area (Å²) in [6.07, 6.45) is 5.82. The number of nitrogens with zero attached hydrogens (tertiary/aromatic N) is 1. The van der Waals surface area contributed by atoms with Crippen LogP contribution in [0.2, 0.25) is 0 Å². The molecule has 2 unspecified atom stereocenters. The van der Waals surface area contributed by atoms with Crippen molar-refractivity contribution in [2.45, 2.75) is 64.0 Å². The third kappa shape index (κ3) is 5.18. The van der Waals surface area contributed by atoms with E-state index in [1.807, 2.05) is 4.90 Å². The standard InChI is InChI=1S/C25H32N2O3S/c1-2-31(29,30)26-23-15-16-27-24(23)18-19-9-8-12-21(17-19)22-13-7-6-11-20(22)10-4-3-5-14-25(27)28/h6-9,11-13,17,23-24,26H,2-5,10,14-16,18H2,1H3. The average molecular weight is 441 g/mol. The van der Waals surface area contributed by atoms with Crippen LogP contribution in [0.15, 0.2) is 48.5 Å². The Hall–Kier alpha value is -2.18. The van der Waals surface area contributed by atoms with Crippen LogP contribution < -0.4 is 4.72 Å². The zero-order valence-electron chi connectivity index (χ0n) is 18.2. The number of hydrogen-bond acceptors (Lipinski definition) is 3. The highest BCUT2D eigenvalue weighted by atomic mass is 32.2. The number of benzene rings is 2. The molecule has 0 aliphatic carbocycles. The molecule has 1 fully saturated rings. The number of aryl methyl sites for hydroxylation is 1. The lowest BCUT2D eigenvalue weighted by atomic mass is 9.92. The highest BCUT2D eigenvalue weighted by Gasteiger charge is 2.38. The summed E-state index contributed by atoms with van der Waals surface area (Å²) in [7, 11) is -3.33. The minimum atomic E-state index is -3.33. The van der Waals surface area contributed by atoms with Crippen molar-refractivity contribution < 1.29 is 13.2 Å². The molecule has 2 heterocycles. The van der Waals surface area contributed by atoms with Gasteiger partial charge in [-0.3, -0.25) is 4.79 Å². The maximum absolute atomic E-state index is 13.0. The molecule has 2 aliphatic rings. The predicted octanol–water partition coefficient (Wildman–Crippen LogP) is 3.92. The lowest BCUT2D eigenvalue weighted by Gasteiger charge is -2.29. The monoisotopic (exact) mass is 440 g/mol. The molecule has 2 aromatic carbocycles. The molecule has 4 rings (SSSR count). The average Bonchev–Trinajstić information content (AvgIpc) is 3.15. The van der Waals surface area contributed by atoms with Gasteiger partial charge in [-0.05, 0) is 61.3 Å². The van der Waals surface area contributed by atoms with Gasteiger partial charge in [0.25, 0.3) is 0 Å². The molecule has 2 bridgehead atoms. The van der Waals surface area contributed by atoms with Gasteiger partial charge in [0, 0.05) is 19.0 Å². The van der Waals surface area contributed by atoms with Crippen LogP contribution in [-0.4, -0.2) is 43.6 Å². The number of amides is 1. The van der Waals surface area contributed by atoms with Gasteiger partial charge < -0.3 is 4.90 Å². The van der Waals surface area contributed by atoms with Crippen LogP contribution in [0, 0.1) is 0 Å². The van der Waals surface area contributed by atoms with Gasteiger partial charge in [0.2, 0.25) is 15.9 Å². The first-order valence-corrected chi connectivity index (χ1v) is 13.1. The fourth-order valence-corrected chi connectivity index (χ4v) is 5.81. The highest BCUT2D eigenvalue weighted by molar-refractivity contribution is 7.89. The van der Waals surface area contributed by atoms with Gasteiger partial charge in [-0.15, -0.1) is 0 Å². The number of sulfonamides is 1. The van der Waals surface area contributed by atoms with Gasteiger partial charge in [0.15, 0.2) is 0 Å². The van der Waals surface area contributed by atoms with Crippen molar-refractivity contribution in [3.05, 3.63) is 59.7 Å². The second-order valence-corrected chi connectivity index (χ2v) is 10.7. The molecule has 166 valence electrons. The zero-order chi connectivity index (χ0) is 21.8. The van der Waals surface area contributed by atoms with Gasteiger partial charge in [0.05, 0.1) is 11.8 Å². The van der Waals surface area contributed by atoms with Crippen LogP contribution in [0.1, 0.15) is 50.2 Å². The van der Waals surface area contributed by atoms with E-state index in [0.717, 1.165) is 31.2 Å². The molecule has 1 saturated heterocycles. The third-order valence-corrected chi connectivity index (χ3v) is 8.04. The molecule has 0 aromatic heterocycles. The van der Waals surface area contributed by atoms with Crippen LogP contribution >= 0.6 is 0 Å². The Kier molecular flexibility index (Phi) is 6.77. The van der Waals surface area contributed by atoms with Crippen molar-refractivity contribution in [2.24, 2.45) is 0 Å². The SMILES string of the molecule is CCS(=O)(=O)NC1CCN2C(=O)CCCCCc3ccccc3-c3cccc(c3)CC12. The molecular weight excluding hydrogens is 408 g/mol. The summed E-state index contributed by atoms with van der Waals surface area (Å²) < 4.78 is 27.4. The fraction of sp³-hybridized carbons (Fsp3) is 0.480. The van der Waals surface area contributed by atoms with E-state index >= 15 is 0 Å². The van der Waals surface area contributed by atoms with Crippen LogP contribution in [0.3, 0.4) is 0 Å². The molecule has 0 saturated carbocycles. The van der Waals surface area contributed by atoms with E-state index in [1.165, 1.54) is 16.7 Å². The van der Waals surface area contributed by atoms with Crippen LogP contribution in [0.4, 0.5) is 0 Å². The van der Waals surface area contributed by atoms with E-state index in [2.05, 4.69) is 53.3 Å². The normalized spacial score (nSPS) is 22.5. The van der Waals surface area contributed by atoms with E-state index in [0.29, 0.717) is 25.8 Å². The van der Waals surface area contributed by atoms with E-state index in [4.69, 9.17) is 0 Å². The Bertz CT molecular complexity index is 1030. The number of nitrogens with one attached hydrogen (secondary N) is 1. The number of fused-ring (bicyclic) bond motifs is 5. The molecule has 6 heteroatoms. The molecule has 1 amide bonds. The Balaban J connectivity index is 1.70. The van der Waals surface area contributed by atoms with Gasteiger partial charge in [0.1, 0.15) is 0 Å². The maximum Gasteiger partial charge on any atom is 0.222 e. The van der Waals surface area contributed by atoms with Crippen molar-refractivity contribution in [2.75, 3.05) is 12.3 Å². The van der Waals surface area contributed by atoms with Crippen LogP contribution in [0.5, 0.6) is 0 Å². The van der Waals surface area contributed by atoms with Crippen molar-refractivity contribution >= 4 is 15.9 Å². The highest BCUT2D eigenvalue weighted by Crippen LogP contribution is 2.29. The Labute approximate surface area is 185 Å². The largest absolute Gasteiger partial charge is 0.338 e. The molecule has 2 aliphatic heterocycles. The summed E-state index contributed by atoms with van der Waals surface area (Å²) in [5, 5.41) is 0. The first-order chi connectivity index (χ1) is 15.0. The predicted molar refractivity (Wildman–Crippen MR) is 124 cm³/mol. The molecule has 0 spiro atoms. The van der Waals surface area contributed by atoms with Gasteiger partial charge >= 0.3 is 0 Å². The number of carbonyl (C=O) groups is 1. The summed E-state index contributed by atoms with van der Waals surface area (Å²) in [4.78, 5) is 14.9. The summed E-state index contributed by atoms with van der Waals surface area (Å²) in [5.41, 5.74) is 4.93. The number of carbonyl (C=O) groups excluding carboxylic acids is 1. The maximum atomic E-state index is 13.0. The summed E-state index contributed by atoms with van der Waals surface area (Å²) in [6, 6.07) is 16.7. The number of hydrogen-bond donors (Lipinski definition) is 1. The molecular formula is C25H32N2O3S. The van der Waals surface area contributed by atoms with Crippen LogP contribution in [0.25, 0.3) is 11.1 Å².